The predicted octanol–water partition coefficient (Wildman–Crippen LogP) is 0.368. The summed E-state index contributed by atoms with van der Waals surface area (Å²) in [5, 5.41) is 12.0. The molecule has 0 aliphatic carbocycles. The van der Waals surface area contributed by atoms with Crippen molar-refractivity contribution in [2.75, 3.05) is 19.0 Å². The second-order valence-corrected chi connectivity index (χ2v) is 2.62. The summed E-state index contributed by atoms with van der Waals surface area (Å²) in [4.78, 5) is 12.0. The Labute approximate surface area is 69.6 Å². The highest BCUT2D eigenvalue weighted by atomic mass is 16.5. The molecule has 0 aliphatic rings. The van der Waals surface area contributed by atoms with Crippen molar-refractivity contribution >= 4 is 11.9 Å². The van der Waals surface area contributed by atoms with Crippen LogP contribution >= 0.6 is 0 Å². The molecule has 0 amide bonds. The third-order valence-electron chi connectivity index (χ3n) is 1.32. The molecule has 0 saturated heterocycles. The first-order valence-electron chi connectivity index (χ1n) is 3.44. The molecule has 1 rings (SSSR count). The van der Waals surface area contributed by atoms with Crippen molar-refractivity contribution in [3.8, 4) is 0 Å². The summed E-state index contributed by atoms with van der Waals surface area (Å²) in [5.74, 6) is -0.347. The van der Waals surface area contributed by atoms with E-state index in [1.807, 2.05) is 0 Å². The van der Waals surface area contributed by atoms with Gasteiger partial charge in [-0.25, -0.2) is 0 Å². The van der Waals surface area contributed by atoms with E-state index in [4.69, 9.17) is 9.63 Å². The second-order valence-electron chi connectivity index (χ2n) is 2.62. The molecule has 0 aromatic carbocycles. The van der Waals surface area contributed by atoms with Crippen LogP contribution in [0, 0.1) is 0 Å². The van der Waals surface area contributed by atoms with E-state index in [0.29, 0.717) is 11.6 Å². The van der Waals surface area contributed by atoms with Gasteiger partial charge in [0.25, 0.3) is 0 Å². The van der Waals surface area contributed by atoms with Gasteiger partial charge in [-0.3, -0.25) is 4.79 Å². The van der Waals surface area contributed by atoms with Crippen molar-refractivity contribution in [1.29, 1.82) is 0 Å². The zero-order valence-electron chi connectivity index (χ0n) is 6.94. The van der Waals surface area contributed by atoms with Gasteiger partial charge in [-0.05, 0) is 0 Å². The Kier molecular flexibility index (Phi) is 2.32. The third-order valence-corrected chi connectivity index (χ3v) is 1.32. The van der Waals surface area contributed by atoms with Crippen LogP contribution in [0.1, 0.15) is 5.69 Å². The largest absolute Gasteiger partial charge is 0.481 e. The van der Waals surface area contributed by atoms with E-state index in [2.05, 4.69) is 5.16 Å². The Bertz CT molecular complexity index is 280. The lowest BCUT2D eigenvalue weighted by Crippen LogP contribution is -2.07. The van der Waals surface area contributed by atoms with Gasteiger partial charge in [-0.15, -0.1) is 0 Å². The van der Waals surface area contributed by atoms with Gasteiger partial charge >= 0.3 is 5.97 Å². The molecule has 0 atom stereocenters. The molecule has 0 spiro atoms. The summed E-state index contributed by atoms with van der Waals surface area (Å²) < 4.78 is 4.84. The fourth-order valence-corrected chi connectivity index (χ4v) is 0.750. The monoisotopic (exact) mass is 170 g/mol. The second kappa shape index (κ2) is 3.25. The molecule has 0 saturated carbocycles. The number of carbonyl (C=O) groups is 1. The molecule has 1 heterocycles. The molecule has 0 radical (unpaired) electrons. The maximum Gasteiger partial charge on any atom is 0.309 e. The first-order chi connectivity index (χ1) is 5.59. The van der Waals surface area contributed by atoms with Gasteiger partial charge in [-0.1, -0.05) is 5.16 Å². The van der Waals surface area contributed by atoms with Crippen molar-refractivity contribution in [3.05, 3.63) is 11.8 Å². The quantitative estimate of drug-likeness (QED) is 0.709. The van der Waals surface area contributed by atoms with E-state index in [9.17, 15) is 4.79 Å². The Morgan fingerprint density at radius 2 is 2.42 bits per heavy atom. The SMILES string of the molecule is CN(C)c1cc(CC(=O)O)no1. The van der Waals surface area contributed by atoms with Crippen molar-refractivity contribution in [1.82, 2.24) is 5.16 Å². The zero-order valence-corrected chi connectivity index (χ0v) is 6.94. The molecule has 12 heavy (non-hydrogen) atoms. The number of rotatable bonds is 3. The number of aliphatic carboxylic acids is 1. The first kappa shape index (κ1) is 8.58. The number of carboxylic acid groups (broad SMARTS) is 1. The number of anilines is 1. The summed E-state index contributed by atoms with van der Waals surface area (Å²) in [5.41, 5.74) is 0.436. The van der Waals surface area contributed by atoms with Crippen LogP contribution in [0.3, 0.4) is 0 Å². The molecular weight excluding hydrogens is 160 g/mol. The third kappa shape index (κ3) is 1.98. The maximum absolute atomic E-state index is 10.3. The fourth-order valence-electron chi connectivity index (χ4n) is 0.750. The molecule has 1 N–H and O–H groups in total. The molecule has 5 nitrogen and oxygen atoms in total. The van der Waals surface area contributed by atoms with Crippen molar-refractivity contribution in [2.45, 2.75) is 6.42 Å². The minimum Gasteiger partial charge on any atom is -0.481 e. The summed E-state index contributed by atoms with van der Waals surface area (Å²) in [6.07, 6.45) is -0.0999. The molecule has 0 fully saturated rings. The fraction of sp³-hybridized carbons (Fsp3) is 0.429. The lowest BCUT2D eigenvalue weighted by Gasteiger charge is -2.03. The highest BCUT2D eigenvalue weighted by Gasteiger charge is 2.08. The van der Waals surface area contributed by atoms with E-state index in [1.165, 1.54) is 0 Å². The van der Waals surface area contributed by atoms with Crippen LogP contribution in [0.4, 0.5) is 5.88 Å². The van der Waals surface area contributed by atoms with Gasteiger partial charge in [0.05, 0.1) is 12.1 Å². The van der Waals surface area contributed by atoms with E-state index < -0.39 is 5.97 Å². The molecule has 5 heteroatoms. The molecule has 1 aromatic heterocycles. The molecule has 0 unspecified atom stereocenters. The van der Waals surface area contributed by atoms with E-state index in [-0.39, 0.29) is 6.42 Å². The van der Waals surface area contributed by atoms with Gasteiger partial charge in [0.2, 0.25) is 5.88 Å². The van der Waals surface area contributed by atoms with Crippen LogP contribution < -0.4 is 4.90 Å². The van der Waals surface area contributed by atoms with E-state index in [1.54, 1.807) is 25.1 Å². The zero-order chi connectivity index (χ0) is 9.14. The Morgan fingerprint density at radius 3 is 2.83 bits per heavy atom. The lowest BCUT2D eigenvalue weighted by molar-refractivity contribution is -0.136. The lowest BCUT2D eigenvalue weighted by atomic mass is 10.3. The van der Waals surface area contributed by atoms with Crippen LogP contribution in [-0.4, -0.2) is 30.3 Å². The van der Waals surface area contributed by atoms with Crippen molar-refractivity contribution in [2.24, 2.45) is 0 Å². The smallest absolute Gasteiger partial charge is 0.309 e. The van der Waals surface area contributed by atoms with Crippen LogP contribution in [0.2, 0.25) is 0 Å². The Hall–Kier alpha value is -1.52. The number of carboxylic acids is 1. The Morgan fingerprint density at radius 1 is 1.75 bits per heavy atom. The summed E-state index contributed by atoms with van der Waals surface area (Å²) in [6.45, 7) is 0. The van der Waals surface area contributed by atoms with Crippen LogP contribution in [-0.2, 0) is 11.2 Å². The van der Waals surface area contributed by atoms with Crippen LogP contribution in [0.15, 0.2) is 10.6 Å². The van der Waals surface area contributed by atoms with Gasteiger partial charge in [0, 0.05) is 20.2 Å². The number of hydrogen-bond acceptors (Lipinski definition) is 4. The molecule has 0 aliphatic heterocycles. The Balaban J connectivity index is 2.70. The van der Waals surface area contributed by atoms with E-state index >= 15 is 0 Å². The summed E-state index contributed by atoms with van der Waals surface area (Å²) in [7, 11) is 3.59. The van der Waals surface area contributed by atoms with E-state index in [0.717, 1.165) is 0 Å². The van der Waals surface area contributed by atoms with Gasteiger partial charge in [0.1, 0.15) is 0 Å². The molecule has 66 valence electrons. The van der Waals surface area contributed by atoms with Crippen molar-refractivity contribution < 1.29 is 14.4 Å². The van der Waals surface area contributed by atoms with Crippen LogP contribution in [0.5, 0.6) is 0 Å². The summed E-state index contributed by atoms with van der Waals surface area (Å²) in [6, 6.07) is 1.61. The van der Waals surface area contributed by atoms with Crippen LogP contribution in [0.25, 0.3) is 0 Å². The topological polar surface area (TPSA) is 66.6 Å². The predicted molar refractivity (Wildman–Crippen MR) is 42.2 cm³/mol. The van der Waals surface area contributed by atoms with Crippen molar-refractivity contribution in [3.63, 3.8) is 0 Å². The van der Waals surface area contributed by atoms with Gasteiger partial charge in [-0.2, -0.15) is 0 Å². The maximum atomic E-state index is 10.3. The minimum absolute atomic E-state index is 0.0999. The first-order valence-corrected chi connectivity index (χ1v) is 3.44. The molecular formula is C7H10N2O3. The molecule has 0 bridgehead atoms. The van der Waals surface area contributed by atoms with Gasteiger partial charge < -0.3 is 14.5 Å². The average Bonchev–Trinajstić information content (AvgIpc) is 2.34. The summed E-state index contributed by atoms with van der Waals surface area (Å²) >= 11 is 0. The number of nitrogens with zero attached hydrogens (tertiary/aromatic N) is 2. The average molecular weight is 170 g/mol. The number of aromatic nitrogens is 1. The molecule has 1 aromatic rings. The highest BCUT2D eigenvalue weighted by molar-refractivity contribution is 5.69. The van der Waals surface area contributed by atoms with Gasteiger partial charge in [0.15, 0.2) is 0 Å². The standard InChI is InChI=1S/C7H10N2O3/c1-9(2)6-3-5(8-12-6)4-7(10)11/h3H,4H2,1-2H3,(H,10,11). The number of hydrogen-bond donors (Lipinski definition) is 1. The normalized spacial score (nSPS) is 9.83. The highest BCUT2D eigenvalue weighted by Crippen LogP contribution is 2.12. The minimum atomic E-state index is -0.909.